The minimum absolute atomic E-state index is 0.131. The Morgan fingerprint density at radius 1 is 1.10 bits per heavy atom. The first kappa shape index (κ1) is 13.7. The Morgan fingerprint density at radius 2 is 1.81 bits per heavy atom. The molecule has 0 unspecified atom stereocenters. The van der Waals surface area contributed by atoms with Gasteiger partial charge in [-0.2, -0.15) is 0 Å². The van der Waals surface area contributed by atoms with Crippen LogP contribution in [0.3, 0.4) is 0 Å². The van der Waals surface area contributed by atoms with Gasteiger partial charge >= 0.3 is 0 Å². The number of aromatic amines is 1. The molecule has 3 aromatic rings. The predicted octanol–water partition coefficient (Wildman–Crippen LogP) is 4.69. The zero-order valence-corrected chi connectivity index (χ0v) is 12.6. The maximum absolute atomic E-state index is 12.4. The van der Waals surface area contributed by atoms with Crippen molar-refractivity contribution in [2.75, 3.05) is 5.32 Å². The van der Waals surface area contributed by atoms with E-state index in [1.807, 2.05) is 38.1 Å². The Bertz CT molecular complexity index is 816. The van der Waals surface area contributed by atoms with E-state index in [4.69, 9.17) is 11.6 Å². The van der Waals surface area contributed by atoms with Crippen molar-refractivity contribution in [1.29, 1.82) is 0 Å². The third kappa shape index (κ3) is 2.78. The topological polar surface area (TPSA) is 44.9 Å². The summed E-state index contributed by atoms with van der Waals surface area (Å²) in [6, 6.07) is 11.4. The van der Waals surface area contributed by atoms with Crippen LogP contribution >= 0.6 is 11.6 Å². The van der Waals surface area contributed by atoms with Crippen molar-refractivity contribution >= 4 is 34.1 Å². The van der Waals surface area contributed by atoms with E-state index < -0.39 is 0 Å². The molecule has 4 heteroatoms. The molecule has 0 aliphatic carbocycles. The van der Waals surface area contributed by atoms with Crippen molar-refractivity contribution in [3.8, 4) is 0 Å². The monoisotopic (exact) mass is 298 g/mol. The molecule has 0 spiro atoms. The molecule has 0 saturated heterocycles. The minimum atomic E-state index is -0.131. The average Bonchev–Trinajstić information content (AvgIpc) is 2.80. The number of fused-ring (bicyclic) bond motifs is 1. The first-order valence-electron chi connectivity index (χ1n) is 6.69. The Hall–Kier alpha value is -2.26. The summed E-state index contributed by atoms with van der Waals surface area (Å²) in [7, 11) is 0. The van der Waals surface area contributed by atoms with E-state index in [1.165, 1.54) is 0 Å². The number of aromatic nitrogens is 1. The number of nitrogens with one attached hydrogen (secondary N) is 2. The highest BCUT2D eigenvalue weighted by Crippen LogP contribution is 2.23. The van der Waals surface area contributed by atoms with Crippen LogP contribution in [-0.2, 0) is 0 Å². The maximum atomic E-state index is 12.4. The van der Waals surface area contributed by atoms with Gasteiger partial charge in [-0.3, -0.25) is 4.79 Å². The Kier molecular flexibility index (Phi) is 3.43. The lowest BCUT2D eigenvalue weighted by molar-refractivity contribution is 0.102. The minimum Gasteiger partial charge on any atom is -0.360 e. The molecular weight excluding hydrogens is 284 g/mol. The van der Waals surface area contributed by atoms with E-state index in [0.29, 0.717) is 10.6 Å². The lowest BCUT2D eigenvalue weighted by atomic mass is 10.1. The van der Waals surface area contributed by atoms with E-state index in [-0.39, 0.29) is 5.91 Å². The van der Waals surface area contributed by atoms with Crippen molar-refractivity contribution in [1.82, 2.24) is 4.98 Å². The Balaban J connectivity index is 1.93. The quantitative estimate of drug-likeness (QED) is 0.708. The molecular formula is C17H15ClN2O. The lowest BCUT2D eigenvalue weighted by Crippen LogP contribution is -2.11. The summed E-state index contributed by atoms with van der Waals surface area (Å²) < 4.78 is 0. The summed E-state index contributed by atoms with van der Waals surface area (Å²) in [6.07, 6.45) is 1.71. The molecule has 0 aliphatic heterocycles. The molecule has 106 valence electrons. The second-order valence-corrected chi connectivity index (χ2v) is 5.66. The number of benzene rings is 2. The molecule has 0 radical (unpaired) electrons. The third-order valence-corrected chi connectivity index (χ3v) is 3.60. The first-order valence-corrected chi connectivity index (χ1v) is 7.07. The van der Waals surface area contributed by atoms with Gasteiger partial charge in [-0.15, -0.1) is 0 Å². The van der Waals surface area contributed by atoms with Crippen LogP contribution in [-0.4, -0.2) is 10.9 Å². The molecule has 1 amide bonds. The van der Waals surface area contributed by atoms with Crippen LogP contribution < -0.4 is 5.32 Å². The standard InChI is InChI=1S/C17H15ClN2O/c1-10-5-11(2)7-13(6-10)20-17(21)15-9-19-16-8-12(18)3-4-14(15)16/h3-9,19H,1-2H3,(H,20,21). The van der Waals surface area contributed by atoms with E-state index in [9.17, 15) is 4.79 Å². The van der Waals surface area contributed by atoms with E-state index in [2.05, 4.69) is 16.4 Å². The van der Waals surface area contributed by atoms with E-state index >= 15 is 0 Å². The summed E-state index contributed by atoms with van der Waals surface area (Å²) in [5.74, 6) is -0.131. The van der Waals surface area contributed by atoms with E-state index in [1.54, 1.807) is 12.3 Å². The van der Waals surface area contributed by atoms with Crippen LogP contribution in [0.2, 0.25) is 5.02 Å². The zero-order valence-electron chi connectivity index (χ0n) is 11.8. The molecule has 2 aromatic carbocycles. The van der Waals surface area contributed by atoms with E-state index in [0.717, 1.165) is 27.7 Å². The fourth-order valence-corrected chi connectivity index (χ4v) is 2.70. The number of anilines is 1. The molecule has 0 atom stereocenters. The molecule has 0 fully saturated rings. The fraction of sp³-hybridized carbons (Fsp3) is 0.118. The molecule has 3 rings (SSSR count). The molecule has 3 nitrogen and oxygen atoms in total. The highest BCUT2D eigenvalue weighted by Gasteiger charge is 2.12. The van der Waals surface area contributed by atoms with Gasteiger partial charge in [0, 0.05) is 27.8 Å². The molecule has 0 saturated carbocycles. The fourth-order valence-electron chi connectivity index (χ4n) is 2.53. The molecule has 0 bridgehead atoms. The summed E-state index contributed by atoms with van der Waals surface area (Å²) in [6.45, 7) is 4.02. The first-order chi connectivity index (χ1) is 10.0. The van der Waals surface area contributed by atoms with Crippen LogP contribution in [0.15, 0.2) is 42.6 Å². The zero-order chi connectivity index (χ0) is 15.0. The number of amides is 1. The lowest BCUT2D eigenvalue weighted by Gasteiger charge is -2.07. The molecule has 0 aliphatic rings. The van der Waals surface area contributed by atoms with Gasteiger partial charge in [-0.1, -0.05) is 23.7 Å². The number of aryl methyl sites for hydroxylation is 2. The largest absolute Gasteiger partial charge is 0.360 e. The SMILES string of the molecule is Cc1cc(C)cc(NC(=O)c2c[nH]c3cc(Cl)ccc23)c1. The molecule has 1 aromatic heterocycles. The van der Waals surface area contributed by atoms with Crippen molar-refractivity contribution in [3.05, 3.63) is 64.3 Å². The summed E-state index contributed by atoms with van der Waals surface area (Å²) in [5, 5.41) is 4.45. The number of hydrogen-bond donors (Lipinski definition) is 2. The van der Waals surface area contributed by atoms with Gasteiger partial charge in [-0.25, -0.2) is 0 Å². The number of H-pyrrole nitrogens is 1. The summed E-state index contributed by atoms with van der Waals surface area (Å²) >= 11 is 5.95. The van der Waals surface area contributed by atoms with Crippen molar-refractivity contribution in [2.45, 2.75) is 13.8 Å². The highest BCUT2D eigenvalue weighted by atomic mass is 35.5. The number of carbonyl (C=O) groups excluding carboxylic acids is 1. The van der Waals surface area contributed by atoms with Gasteiger partial charge in [0.2, 0.25) is 0 Å². The Morgan fingerprint density at radius 3 is 2.52 bits per heavy atom. The van der Waals surface area contributed by atoms with Crippen molar-refractivity contribution in [3.63, 3.8) is 0 Å². The van der Waals surface area contributed by atoms with Crippen LogP contribution in [0, 0.1) is 13.8 Å². The number of carbonyl (C=O) groups is 1. The molecule has 1 heterocycles. The van der Waals surface area contributed by atoms with Crippen molar-refractivity contribution < 1.29 is 4.79 Å². The second-order valence-electron chi connectivity index (χ2n) is 5.22. The second kappa shape index (κ2) is 5.26. The summed E-state index contributed by atoms with van der Waals surface area (Å²) in [5.41, 5.74) is 4.52. The van der Waals surface area contributed by atoms with Crippen LogP contribution in [0.25, 0.3) is 10.9 Å². The van der Waals surface area contributed by atoms with Crippen molar-refractivity contribution in [2.24, 2.45) is 0 Å². The smallest absolute Gasteiger partial charge is 0.257 e. The van der Waals surface area contributed by atoms with Crippen LogP contribution in [0.4, 0.5) is 5.69 Å². The Labute approximate surface area is 127 Å². The van der Waals surface area contributed by atoms with Gasteiger partial charge < -0.3 is 10.3 Å². The number of rotatable bonds is 2. The highest BCUT2D eigenvalue weighted by molar-refractivity contribution is 6.31. The van der Waals surface area contributed by atoms with Gasteiger partial charge in [0.1, 0.15) is 0 Å². The van der Waals surface area contributed by atoms with Gasteiger partial charge in [0.15, 0.2) is 0 Å². The average molecular weight is 299 g/mol. The molecule has 21 heavy (non-hydrogen) atoms. The van der Waals surface area contributed by atoms with Crippen LogP contribution in [0.1, 0.15) is 21.5 Å². The van der Waals surface area contributed by atoms with Crippen LogP contribution in [0.5, 0.6) is 0 Å². The predicted molar refractivity (Wildman–Crippen MR) is 87.2 cm³/mol. The van der Waals surface area contributed by atoms with Gasteiger partial charge in [0.25, 0.3) is 5.91 Å². The normalized spacial score (nSPS) is 10.8. The molecule has 2 N–H and O–H groups in total. The van der Waals surface area contributed by atoms with Gasteiger partial charge in [-0.05, 0) is 49.2 Å². The third-order valence-electron chi connectivity index (χ3n) is 3.37. The maximum Gasteiger partial charge on any atom is 0.257 e. The van der Waals surface area contributed by atoms with Gasteiger partial charge in [0.05, 0.1) is 5.56 Å². The summed E-state index contributed by atoms with van der Waals surface area (Å²) in [4.78, 5) is 15.5. The number of hydrogen-bond acceptors (Lipinski definition) is 1. The number of halogens is 1.